The van der Waals surface area contributed by atoms with Crippen LogP contribution < -0.4 is 10.2 Å². The molecule has 1 aliphatic heterocycles. The number of benzene rings is 2. The maximum Gasteiger partial charge on any atom is 0.312 e. The van der Waals surface area contributed by atoms with Gasteiger partial charge < -0.3 is 29.6 Å². The van der Waals surface area contributed by atoms with Crippen molar-refractivity contribution in [2.45, 2.75) is 12.3 Å². The Bertz CT molecular complexity index is 1750. The lowest BCUT2D eigenvalue weighted by atomic mass is 9.86. The molecule has 11 heteroatoms. The predicted octanol–water partition coefficient (Wildman–Crippen LogP) is 2.77. The standard InChI is InChI=1S/C24H15N3O8/c28-13-3-2-10(6-14(13)29)22-21(33)20(32)19-15(30)8-16-18(23(19)35-22)11(7-17(31)34-16)12-9-26-27-5-1-4-25-24(12)27/h1-6,8-9,11,28-30,33H,7H2/t11-/m0/s1. The van der Waals surface area contributed by atoms with Gasteiger partial charge in [0.2, 0.25) is 11.2 Å². The van der Waals surface area contributed by atoms with Crippen LogP contribution in [0.25, 0.3) is 27.9 Å². The molecule has 0 saturated heterocycles. The summed E-state index contributed by atoms with van der Waals surface area (Å²) in [4.78, 5) is 29.9. The lowest BCUT2D eigenvalue weighted by Gasteiger charge is -2.25. The minimum atomic E-state index is -0.928. The number of hydrogen-bond donors (Lipinski definition) is 4. The van der Waals surface area contributed by atoms with Crippen molar-refractivity contribution in [3.05, 3.63) is 70.3 Å². The van der Waals surface area contributed by atoms with Crippen LogP contribution in [0.4, 0.5) is 0 Å². The van der Waals surface area contributed by atoms with E-state index in [9.17, 15) is 30.0 Å². The summed E-state index contributed by atoms with van der Waals surface area (Å²) in [6.07, 6.45) is 4.69. The second-order valence-electron chi connectivity index (χ2n) is 8.04. The quantitative estimate of drug-likeness (QED) is 0.170. The van der Waals surface area contributed by atoms with Crippen LogP contribution >= 0.6 is 0 Å². The third kappa shape index (κ3) is 2.98. The molecule has 3 aromatic heterocycles. The highest BCUT2D eigenvalue weighted by Gasteiger charge is 2.36. The van der Waals surface area contributed by atoms with Crippen molar-refractivity contribution in [3.63, 3.8) is 0 Å². The molecule has 5 aromatic rings. The first-order chi connectivity index (χ1) is 16.8. The van der Waals surface area contributed by atoms with Gasteiger partial charge in [-0.15, -0.1) is 0 Å². The first-order valence-corrected chi connectivity index (χ1v) is 10.4. The van der Waals surface area contributed by atoms with E-state index in [0.29, 0.717) is 16.8 Å². The number of aromatic hydroxyl groups is 4. The zero-order chi connectivity index (χ0) is 24.4. The molecule has 0 spiro atoms. The molecule has 174 valence electrons. The Morgan fingerprint density at radius 3 is 2.66 bits per heavy atom. The zero-order valence-corrected chi connectivity index (χ0v) is 17.7. The molecule has 6 rings (SSSR count). The maximum absolute atomic E-state index is 13.1. The molecule has 1 atom stereocenters. The molecule has 35 heavy (non-hydrogen) atoms. The highest BCUT2D eigenvalue weighted by Crippen LogP contribution is 2.47. The first kappa shape index (κ1) is 20.5. The molecule has 0 fully saturated rings. The number of aromatic nitrogens is 3. The number of phenols is 3. The van der Waals surface area contributed by atoms with Gasteiger partial charge in [0.15, 0.2) is 22.9 Å². The van der Waals surface area contributed by atoms with E-state index in [0.717, 1.165) is 12.1 Å². The largest absolute Gasteiger partial charge is 0.507 e. The lowest BCUT2D eigenvalue weighted by molar-refractivity contribution is -0.135. The number of rotatable bonds is 2. The molecule has 0 saturated carbocycles. The Labute approximate surface area is 194 Å². The highest BCUT2D eigenvalue weighted by atomic mass is 16.5. The number of ether oxygens (including phenoxy) is 1. The summed E-state index contributed by atoms with van der Waals surface area (Å²) in [5.74, 6) is -3.84. The second kappa shape index (κ2) is 7.22. The number of carbonyl (C=O) groups is 1. The van der Waals surface area contributed by atoms with Crippen LogP contribution in [0, 0.1) is 0 Å². The van der Waals surface area contributed by atoms with Crippen molar-refractivity contribution in [1.29, 1.82) is 0 Å². The normalized spacial score (nSPS) is 15.3. The van der Waals surface area contributed by atoms with Crippen molar-refractivity contribution in [3.8, 4) is 40.1 Å². The maximum atomic E-state index is 13.1. The molecule has 0 radical (unpaired) electrons. The van der Waals surface area contributed by atoms with Crippen molar-refractivity contribution in [2.24, 2.45) is 0 Å². The Morgan fingerprint density at radius 1 is 1.03 bits per heavy atom. The minimum Gasteiger partial charge on any atom is -0.507 e. The number of hydrogen-bond acceptors (Lipinski definition) is 10. The second-order valence-corrected chi connectivity index (χ2v) is 8.04. The lowest BCUT2D eigenvalue weighted by Crippen LogP contribution is -2.22. The molecule has 1 aliphatic rings. The number of esters is 1. The van der Waals surface area contributed by atoms with E-state index in [1.54, 1.807) is 24.7 Å². The monoisotopic (exact) mass is 473 g/mol. The Balaban J connectivity index is 1.70. The fourth-order valence-corrected chi connectivity index (χ4v) is 4.40. The van der Waals surface area contributed by atoms with Crippen LogP contribution in [0.15, 0.2) is 58.1 Å². The number of fused-ring (bicyclic) bond motifs is 4. The fourth-order valence-electron chi connectivity index (χ4n) is 4.40. The van der Waals surface area contributed by atoms with Crippen molar-refractivity contribution in [1.82, 2.24) is 14.6 Å². The summed E-state index contributed by atoms with van der Waals surface area (Å²) >= 11 is 0. The molecule has 4 heterocycles. The van der Waals surface area contributed by atoms with E-state index < -0.39 is 40.3 Å². The van der Waals surface area contributed by atoms with Gasteiger partial charge in [-0.05, 0) is 24.3 Å². The van der Waals surface area contributed by atoms with Crippen LogP contribution in [-0.2, 0) is 4.79 Å². The van der Waals surface area contributed by atoms with Crippen molar-refractivity contribution in [2.75, 3.05) is 0 Å². The summed E-state index contributed by atoms with van der Waals surface area (Å²) in [6.45, 7) is 0. The zero-order valence-electron chi connectivity index (χ0n) is 17.7. The van der Waals surface area contributed by atoms with Gasteiger partial charge in [-0.1, -0.05) is 0 Å². The summed E-state index contributed by atoms with van der Waals surface area (Å²) in [5, 5.41) is 44.7. The van der Waals surface area contributed by atoms with Gasteiger partial charge in [-0.2, -0.15) is 5.10 Å². The average molecular weight is 473 g/mol. The van der Waals surface area contributed by atoms with Crippen LogP contribution in [0.1, 0.15) is 23.5 Å². The number of nitrogens with zero attached hydrogens (tertiary/aromatic N) is 3. The molecule has 0 amide bonds. The molecule has 2 aromatic carbocycles. The van der Waals surface area contributed by atoms with E-state index in [-0.39, 0.29) is 34.5 Å². The van der Waals surface area contributed by atoms with Crippen LogP contribution in [0.3, 0.4) is 0 Å². The Kier molecular flexibility index (Phi) is 4.24. The predicted molar refractivity (Wildman–Crippen MR) is 120 cm³/mol. The van der Waals surface area contributed by atoms with Gasteiger partial charge >= 0.3 is 5.97 Å². The van der Waals surface area contributed by atoms with Gasteiger partial charge in [0.05, 0.1) is 12.6 Å². The number of carbonyl (C=O) groups excluding carboxylic acids is 1. The van der Waals surface area contributed by atoms with Gasteiger partial charge in [-0.3, -0.25) is 9.59 Å². The van der Waals surface area contributed by atoms with Gasteiger partial charge in [0, 0.05) is 41.1 Å². The van der Waals surface area contributed by atoms with Gasteiger partial charge in [0.25, 0.3) is 0 Å². The van der Waals surface area contributed by atoms with Crippen molar-refractivity contribution >= 4 is 22.6 Å². The number of phenolic OH excluding ortho intramolecular Hbond substituents is 3. The molecule has 11 nitrogen and oxygen atoms in total. The van der Waals surface area contributed by atoms with Crippen LogP contribution in [-0.4, -0.2) is 41.0 Å². The van der Waals surface area contributed by atoms with Crippen LogP contribution in [0.2, 0.25) is 0 Å². The summed E-state index contributed by atoms with van der Waals surface area (Å²) in [5.41, 5.74) is 0.385. The third-order valence-corrected chi connectivity index (χ3v) is 5.99. The first-order valence-electron chi connectivity index (χ1n) is 10.4. The van der Waals surface area contributed by atoms with Crippen LogP contribution in [0.5, 0.6) is 28.7 Å². The van der Waals surface area contributed by atoms with E-state index in [1.807, 2.05) is 0 Å². The SMILES string of the molecule is O=C1C[C@@H](c2cnn3cccnc23)c2c(cc(O)c3c(=O)c(O)c(-c4ccc(O)c(O)c4)oc23)O1. The van der Waals surface area contributed by atoms with E-state index in [2.05, 4.69) is 10.1 Å². The Hall–Kier alpha value is -5.06. The summed E-state index contributed by atoms with van der Waals surface area (Å²) in [7, 11) is 0. The molecule has 0 aliphatic carbocycles. The highest BCUT2D eigenvalue weighted by molar-refractivity contribution is 5.94. The van der Waals surface area contributed by atoms with Gasteiger partial charge in [-0.25, -0.2) is 9.50 Å². The molecule has 4 N–H and O–H groups in total. The smallest absolute Gasteiger partial charge is 0.312 e. The van der Waals surface area contributed by atoms with E-state index in [1.165, 1.54) is 16.6 Å². The third-order valence-electron chi connectivity index (χ3n) is 5.99. The van der Waals surface area contributed by atoms with Crippen molar-refractivity contribution < 1.29 is 34.4 Å². The summed E-state index contributed by atoms with van der Waals surface area (Å²) < 4.78 is 12.9. The van der Waals surface area contributed by atoms with E-state index in [4.69, 9.17) is 9.15 Å². The topological polar surface area (TPSA) is 168 Å². The minimum absolute atomic E-state index is 0.0140. The van der Waals surface area contributed by atoms with Gasteiger partial charge in [0.1, 0.15) is 22.5 Å². The molecule has 0 unspecified atom stereocenters. The Morgan fingerprint density at radius 2 is 1.86 bits per heavy atom. The average Bonchev–Trinajstić information content (AvgIpc) is 3.26. The van der Waals surface area contributed by atoms with E-state index >= 15 is 0 Å². The fraction of sp³-hybridized carbons (Fsp3) is 0.0833. The molecular formula is C24H15N3O8. The molecule has 0 bridgehead atoms. The summed E-state index contributed by atoms with van der Waals surface area (Å²) in [6, 6.07) is 6.44. The molecular weight excluding hydrogens is 458 g/mol.